The van der Waals surface area contributed by atoms with Gasteiger partial charge < -0.3 is 15.8 Å². The van der Waals surface area contributed by atoms with Crippen molar-refractivity contribution in [2.24, 2.45) is 11.7 Å². The number of carbonyl (C=O) groups excluding carboxylic acids is 2. The largest absolute Gasteiger partial charge is 0.468 e. The molecule has 1 heterocycles. The van der Waals surface area contributed by atoms with E-state index in [1.54, 1.807) is 0 Å². The van der Waals surface area contributed by atoms with Gasteiger partial charge in [-0.1, -0.05) is 0 Å². The normalized spacial score (nSPS) is 23.8. The molecule has 1 amide bonds. The molecule has 1 aliphatic heterocycles. The number of rotatable bonds is 3. The van der Waals surface area contributed by atoms with Gasteiger partial charge in [0.2, 0.25) is 5.91 Å². The molecule has 3 N–H and O–H groups in total. The highest BCUT2D eigenvalue weighted by Crippen LogP contribution is 2.15. The predicted molar refractivity (Wildman–Crippen MR) is 45.7 cm³/mol. The van der Waals surface area contributed by atoms with Crippen molar-refractivity contribution in [2.45, 2.75) is 18.9 Å². The van der Waals surface area contributed by atoms with Crippen LogP contribution >= 0.6 is 0 Å². The first-order valence-corrected chi connectivity index (χ1v) is 4.26. The summed E-state index contributed by atoms with van der Waals surface area (Å²) in [6.07, 6.45) is 1.13. The van der Waals surface area contributed by atoms with Crippen molar-refractivity contribution in [2.75, 3.05) is 13.7 Å². The zero-order valence-electron chi connectivity index (χ0n) is 7.58. The Morgan fingerprint density at radius 3 is 3.00 bits per heavy atom. The summed E-state index contributed by atoms with van der Waals surface area (Å²) in [7, 11) is 1.29. The van der Waals surface area contributed by atoms with Crippen LogP contribution in [0.25, 0.3) is 0 Å². The summed E-state index contributed by atoms with van der Waals surface area (Å²) >= 11 is 0. The third-order valence-corrected chi connectivity index (χ3v) is 2.21. The average Bonchev–Trinajstić information content (AvgIpc) is 2.50. The van der Waals surface area contributed by atoms with E-state index in [0.717, 1.165) is 6.42 Å². The fraction of sp³-hybridized carbons (Fsp3) is 0.750. The number of nitrogens with one attached hydrogen (secondary N) is 1. The van der Waals surface area contributed by atoms with E-state index in [-0.39, 0.29) is 11.8 Å². The van der Waals surface area contributed by atoms with Crippen LogP contribution in [0.1, 0.15) is 12.8 Å². The maximum absolute atomic E-state index is 11.1. The third-order valence-electron chi connectivity index (χ3n) is 2.21. The first kappa shape index (κ1) is 9.98. The van der Waals surface area contributed by atoms with Gasteiger partial charge in [-0.2, -0.15) is 0 Å². The Hall–Kier alpha value is -1.10. The van der Waals surface area contributed by atoms with Crippen LogP contribution in [-0.4, -0.2) is 31.6 Å². The van der Waals surface area contributed by atoms with Crippen LogP contribution in [0.4, 0.5) is 0 Å². The molecule has 0 bridgehead atoms. The van der Waals surface area contributed by atoms with Crippen LogP contribution in [-0.2, 0) is 14.3 Å². The van der Waals surface area contributed by atoms with Crippen molar-refractivity contribution in [3.05, 3.63) is 0 Å². The molecule has 1 saturated heterocycles. The number of carbonyl (C=O) groups is 2. The fourth-order valence-electron chi connectivity index (χ4n) is 1.42. The minimum atomic E-state index is -0.682. The van der Waals surface area contributed by atoms with Crippen LogP contribution in [0.5, 0.6) is 0 Å². The molecular weight excluding hydrogens is 172 g/mol. The predicted octanol–water partition coefficient (Wildman–Crippen LogP) is -0.987. The van der Waals surface area contributed by atoms with Crippen molar-refractivity contribution >= 4 is 11.9 Å². The SMILES string of the molecule is COC(=O)[C@@H](N)C[C@@H]1CCNC1=O. The molecule has 0 spiro atoms. The Morgan fingerprint density at radius 1 is 1.85 bits per heavy atom. The average molecular weight is 186 g/mol. The highest BCUT2D eigenvalue weighted by atomic mass is 16.5. The molecule has 1 rings (SSSR count). The molecule has 0 aliphatic carbocycles. The molecule has 1 fully saturated rings. The molecule has 1 aliphatic rings. The highest BCUT2D eigenvalue weighted by molar-refractivity contribution is 5.82. The molecule has 74 valence electrons. The number of amides is 1. The molecule has 0 aromatic carbocycles. The van der Waals surface area contributed by atoms with Crippen molar-refractivity contribution in [3.63, 3.8) is 0 Å². The zero-order chi connectivity index (χ0) is 9.84. The first-order valence-electron chi connectivity index (χ1n) is 4.26. The third kappa shape index (κ3) is 2.42. The van der Waals surface area contributed by atoms with Crippen molar-refractivity contribution < 1.29 is 14.3 Å². The van der Waals surface area contributed by atoms with Gasteiger partial charge in [0.15, 0.2) is 0 Å². The van der Waals surface area contributed by atoms with E-state index in [0.29, 0.717) is 13.0 Å². The van der Waals surface area contributed by atoms with E-state index >= 15 is 0 Å². The lowest BCUT2D eigenvalue weighted by molar-refractivity contribution is -0.142. The van der Waals surface area contributed by atoms with Gasteiger partial charge in [0, 0.05) is 12.5 Å². The molecule has 0 unspecified atom stereocenters. The van der Waals surface area contributed by atoms with E-state index in [4.69, 9.17) is 5.73 Å². The van der Waals surface area contributed by atoms with Gasteiger partial charge in [-0.3, -0.25) is 9.59 Å². The molecular formula is C8H14N2O3. The minimum absolute atomic E-state index is 0.0145. The smallest absolute Gasteiger partial charge is 0.322 e. The maximum atomic E-state index is 11.1. The van der Waals surface area contributed by atoms with Crippen LogP contribution < -0.4 is 11.1 Å². The van der Waals surface area contributed by atoms with E-state index in [1.165, 1.54) is 7.11 Å². The number of ether oxygens (including phenoxy) is 1. The van der Waals surface area contributed by atoms with Crippen molar-refractivity contribution in [1.82, 2.24) is 5.32 Å². The second kappa shape index (κ2) is 4.23. The van der Waals surface area contributed by atoms with Crippen molar-refractivity contribution in [1.29, 1.82) is 0 Å². The Morgan fingerprint density at radius 2 is 2.54 bits per heavy atom. The molecule has 5 nitrogen and oxygen atoms in total. The van der Waals surface area contributed by atoms with Gasteiger partial charge in [0.05, 0.1) is 7.11 Å². The second-order valence-electron chi connectivity index (χ2n) is 3.14. The zero-order valence-corrected chi connectivity index (χ0v) is 7.58. The lowest BCUT2D eigenvalue weighted by atomic mass is 9.99. The highest BCUT2D eigenvalue weighted by Gasteiger charge is 2.28. The molecule has 0 aromatic rings. The monoisotopic (exact) mass is 186 g/mol. The van der Waals surface area contributed by atoms with E-state index in [2.05, 4.69) is 10.1 Å². The number of methoxy groups -OCH3 is 1. The Labute approximate surface area is 76.6 Å². The summed E-state index contributed by atoms with van der Waals surface area (Å²) in [5.74, 6) is -0.604. The molecule has 5 heteroatoms. The molecule has 0 aromatic heterocycles. The van der Waals surface area contributed by atoms with Crippen molar-refractivity contribution in [3.8, 4) is 0 Å². The Bertz CT molecular complexity index is 217. The number of nitrogens with two attached hydrogens (primary N) is 1. The fourth-order valence-corrected chi connectivity index (χ4v) is 1.42. The lowest BCUT2D eigenvalue weighted by Crippen LogP contribution is -2.35. The van der Waals surface area contributed by atoms with Gasteiger partial charge in [-0.25, -0.2) is 0 Å². The van der Waals surface area contributed by atoms with Crippen LogP contribution in [0.15, 0.2) is 0 Å². The van der Waals surface area contributed by atoms with E-state index in [9.17, 15) is 9.59 Å². The molecule has 2 atom stereocenters. The van der Waals surface area contributed by atoms with Gasteiger partial charge in [0.25, 0.3) is 0 Å². The number of hydrogen-bond donors (Lipinski definition) is 2. The number of hydrogen-bond acceptors (Lipinski definition) is 4. The second-order valence-corrected chi connectivity index (χ2v) is 3.14. The summed E-state index contributed by atoms with van der Waals surface area (Å²) in [4.78, 5) is 22.0. The van der Waals surface area contributed by atoms with Crippen LogP contribution in [0.3, 0.4) is 0 Å². The van der Waals surface area contributed by atoms with Crippen LogP contribution in [0.2, 0.25) is 0 Å². The summed E-state index contributed by atoms with van der Waals surface area (Å²) in [5.41, 5.74) is 5.52. The quantitative estimate of drug-likeness (QED) is 0.555. The molecule has 13 heavy (non-hydrogen) atoms. The van der Waals surface area contributed by atoms with Crippen LogP contribution in [0, 0.1) is 5.92 Å². The minimum Gasteiger partial charge on any atom is -0.468 e. The lowest BCUT2D eigenvalue weighted by Gasteiger charge is -2.11. The number of esters is 1. The standard InChI is InChI=1S/C8H14N2O3/c1-13-8(12)6(9)4-5-2-3-10-7(5)11/h5-6H,2-4,9H2,1H3,(H,10,11)/t5-,6-/m0/s1. The molecule has 0 saturated carbocycles. The van der Waals surface area contributed by atoms with Gasteiger partial charge in [0.1, 0.15) is 6.04 Å². The summed E-state index contributed by atoms with van der Waals surface area (Å²) in [6.45, 7) is 0.678. The van der Waals surface area contributed by atoms with E-state index in [1.807, 2.05) is 0 Å². The first-order chi connectivity index (χ1) is 6.15. The van der Waals surface area contributed by atoms with Gasteiger partial charge in [-0.05, 0) is 12.8 Å². The Kier molecular flexibility index (Phi) is 3.25. The molecule has 0 radical (unpaired) electrons. The van der Waals surface area contributed by atoms with Gasteiger partial charge in [-0.15, -0.1) is 0 Å². The Balaban J connectivity index is 2.39. The topological polar surface area (TPSA) is 81.4 Å². The maximum Gasteiger partial charge on any atom is 0.322 e. The summed E-state index contributed by atoms with van der Waals surface area (Å²) in [5, 5.41) is 2.69. The summed E-state index contributed by atoms with van der Waals surface area (Å²) in [6, 6.07) is -0.682. The van der Waals surface area contributed by atoms with E-state index < -0.39 is 12.0 Å². The van der Waals surface area contributed by atoms with Gasteiger partial charge >= 0.3 is 5.97 Å². The summed E-state index contributed by atoms with van der Waals surface area (Å²) < 4.78 is 4.46.